The van der Waals surface area contributed by atoms with Gasteiger partial charge < -0.3 is 39.9 Å². The van der Waals surface area contributed by atoms with Gasteiger partial charge in [-0.25, -0.2) is 4.79 Å². The molecule has 8 atom stereocenters. The Labute approximate surface area is 410 Å². The number of thioether (sulfide) groups is 1. The molecule has 0 fully saturated rings. The van der Waals surface area contributed by atoms with Gasteiger partial charge in [0.2, 0.25) is 33.3 Å². The van der Waals surface area contributed by atoms with E-state index in [9.17, 15) is 33.9 Å². The molecule has 0 radical (unpaired) electrons. The highest BCUT2D eigenvalue weighted by atomic mass is 35.6. The van der Waals surface area contributed by atoms with Gasteiger partial charge in [-0.2, -0.15) is 0 Å². The van der Waals surface area contributed by atoms with E-state index in [-0.39, 0.29) is 42.6 Å². The number of carbonyl (C=O) groups excluding carboxylic acids is 6. The fraction of sp³-hybridized carbons (Fsp3) is 0.652. The fourth-order valence-electron chi connectivity index (χ4n) is 6.81. The largest absolute Gasteiger partial charge is 0.460 e. The van der Waals surface area contributed by atoms with Gasteiger partial charge in [0, 0.05) is 44.1 Å². The van der Waals surface area contributed by atoms with Gasteiger partial charge in [-0.05, 0) is 81.9 Å². The van der Waals surface area contributed by atoms with E-state index < -0.39 is 76.8 Å². The zero-order valence-corrected chi connectivity index (χ0v) is 43.9. The highest BCUT2D eigenvalue weighted by Crippen LogP contribution is 2.27. The van der Waals surface area contributed by atoms with Crippen molar-refractivity contribution in [2.24, 2.45) is 17.8 Å². The van der Waals surface area contributed by atoms with Gasteiger partial charge in [-0.3, -0.25) is 24.0 Å². The summed E-state index contributed by atoms with van der Waals surface area (Å²) in [4.78, 5) is 86.2. The highest BCUT2D eigenvalue weighted by molar-refractivity contribution is 7.98. The maximum Gasteiger partial charge on any atom is 0.329 e. The second-order valence-corrected chi connectivity index (χ2v) is 20.8. The first-order valence-corrected chi connectivity index (χ1v) is 24.6. The number of nitrogens with zero attached hydrogens (tertiary/aromatic N) is 3. The Kier molecular flexibility index (Phi) is 26.7. The molecule has 0 saturated carbocycles. The number of rotatable bonds is 26. The number of amides is 5. The lowest BCUT2D eigenvalue weighted by Crippen LogP contribution is -2.57. The van der Waals surface area contributed by atoms with Crippen molar-refractivity contribution >= 4 is 93.7 Å². The van der Waals surface area contributed by atoms with Crippen LogP contribution in [0.25, 0.3) is 0 Å². The maximum absolute atomic E-state index is 14.2. The summed E-state index contributed by atoms with van der Waals surface area (Å²) in [5.74, 6) is -3.88. The van der Waals surface area contributed by atoms with Crippen LogP contribution in [-0.2, 0) is 44.7 Å². The Morgan fingerprint density at radius 2 is 1.51 bits per heavy atom. The number of allylic oxidation sites excluding steroid dienone is 1. The van der Waals surface area contributed by atoms with E-state index in [4.69, 9.17) is 55.9 Å². The van der Waals surface area contributed by atoms with Gasteiger partial charge in [0.1, 0.15) is 30.8 Å². The van der Waals surface area contributed by atoms with Crippen LogP contribution in [0.3, 0.4) is 0 Å². The molecule has 1 aromatic carbocycles. The lowest BCUT2D eigenvalue weighted by Gasteiger charge is -2.34. The molecule has 0 bridgehead atoms. The molecule has 5 amide bonds. The van der Waals surface area contributed by atoms with Gasteiger partial charge in [-0.1, -0.05) is 112 Å². The molecule has 19 heteroatoms. The van der Waals surface area contributed by atoms with Gasteiger partial charge in [-0.15, -0.1) is 11.8 Å². The van der Waals surface area contributed by atoms with Crippen LogP contribution in [0.15, 0.2) is 47.6 Å². The second-order valence-electron chi connectivity index (χ2n) is 17.0. The number of nitrogens with one attached hydrogen (secondary N) is 2. The van der Waals surface area contributed by atoms with Gasteiger partial charge in [0.25, 0.3) is 0 Å². The number of likely N-dealkylation sites (N-methyl/N-ethyl adjacent to an activating group) is 3. The maximum atomic E-state index is 14.2. The standard InChI is InChI=1S/C46H71Cl4N5O9S/c1-14-28(5)39(45(62)63-25-46(48,49)50)52-38(56)24-53(10)44(61)36(23-33-17-19-34(47)20-18-33)55(12)43(60)32(9)51-41(58)35(22-27(3)4)54(11)42(59)30(7)16-21-37(64-26-65-13)31(8)40(57)29(6)15-2/h15-20,27-28,31-32,35-37,39-40,57H,14,21-26H2,1-13H3,(H,51,58)(H,52,56)/b29-15+,30-16+/t28-,31+,32+,35-,36-,37+,39+,40-/m1/s1. The van der Waals surface area contributed by atoms with Crippen LogP contribution in [0.2, 0.25) is 5.02 Å². The minimum Gasteiger partial charge on any atom is -0.460 e. The molecular weight excluding hydrogens is 940 g/mol. The Balaban J connectivity index is 3.35. The van der Waals surface area contributed by atoms with Crippen LogP contribution in [0.4, 0.5) is 0 Å². The summed E-state index contributed by atoms with van der Waals surface area (Å²) in [6.45, 7) is 15.2. The smallest absolute Gasteiger partial charge is 0.329 e. The summed E-state index contributed by atoms with van der Waals surface area (Å²) >= 11 is 24.9. The van der Waals surface area contributed by atoms with Crippen LogP contribution in [0.5, 0.6) is 0 Å². The van der Waals surface area contributed by atoms with Crippen molar-refractivity contribution in [1.29, 1.82) is 0 Å². The third-order valence-electron chi connectivity index (χ3n) is 11.3. The molecule has 0 unspecified atom stereocenters. The first-order valence-electron chi connectivity index (χ1n) is 21.6. The molecule has 0 saturated heterocycles. The van der Waals surface area contributed by atoms with Crippen molar-refractivity contribution in [2.45, 2.75) is 128 Å². The molecule has 368 valence electrons. The van der Waals surface area contributed by atoms with Crippen molar-refractivity contribution in [1.82, 2.24) is 25.3 Å². The predicted molar refractivity (Wildman–Crippen MR) is 262 cm³/mol. The molecular formula is C46H71Cl4N5O9S. The Morgan fingerprint density at radius 1 is 0.908 bits per heavy atom. The zero-order valence-electron chi connectivity index (χ0n) is 40.1. The van der Waals surface area contributed by atoms with Crippen molar-refractivity contribution in [3.8, 4) is 0 Å². The lowest BCUT2D eigenvalue weighted by molar-refractivity contribution is -0.150. The van der Waals surface area contributed by atoms with E-state index in [2.05, 4.69) is 10.6 Å². The van der Waals surface area contributed by atoms with Gasteiger partial charge in [0.15, 0.2) is 0 Å². The molecule has 0 aliphatic rings. The molecule has 0 aliphatic carbocycles. The topological polar surface area (TPSA) is 175 Å². The zero-order chi connectivity index (χ0) is 49.9. The quantitative estimate of drug-likeness (QED) is 0.0289. The number of hydrogen-bond acceptors (Lipinski definition) is 10. The summed E-state index contributed by atoms with van der Waals surface area (Å²) in [5.41, 5.74) is 1.87. The Hall–Kier alpha value is -3.05. The molecule has 14 nitrogen and oxygen atoms in total. The van der Waals surface area contributed by atoms with Crippen molar-refractivity contribution in [3.05, 3.63) is 58.1 Å². The fourth-order valence-corrected chi connectivity index (χ4v) is 7.41. The first kappa shape index (κ1) is 60.0. The molecule has 0 spiro atoms. The van der Waals surface area contributed by atoms with E-state index in [1.165, 1.54) is 42.6 Å². The minimum atomic E-state index is -1.86. The summed E-state index contributed by atoms with van der Waals surface area (Å²) in [5, 5.41) is 16.8. The average molecular weight is 1010 g/mol. The number of aliphatic hydroxyl groups is 1. The number of esters is 1. The van der Waals surface area contributed by atoms with Gasteiger partial charge in [0.05, 0.1) is 24.7 Å². The minimum absolute atomic E-state index is 0.0119. The van der Waals surface area contributed by atoms with Crippen LogP contribution in [-0.4, -0.2) is 142 Å². The molecule has 0 aromatic heterocycles. The SMILES string of the molecule is C/C=C(\C)[C@@H](O)[C@@H](C)[C@H](C/C=C(\C)C(=O)N(C)[C@H](CC(C)C)C(=O)N[C@@H](C)C(=O)N(C)[C@H](Cc1ccc(Cl)cc1)C(=O)N(C)CC(=O)N[C@H](C(=O)OCC(Cl)(Cl)Cl)[C@H](C)CC)OCSC. The number of alkyl halides is 3. The monoisotopic (exact) mass is 1010 g/mol. The van der Waals surface area contributed by atoms with Crippen molar-refractivity contribution < 1.29 is 43.3 Å². The van der Waals surface area contributed by atoms with Gasteiger partial charge >= 0.3 is 5.97 Å². The third-order valence-corrected chi connectivity index (χ3v) is 12.2. The number of benzene rings is 1. The van der Waals surface area contributed by atoms with E-state index in [1.807, 2.05) is 53.9 Å². The lowest BCUT2D eigenvalue weighted by atomic mass is 9.90. The molecule has 65 heavy (non-hydrogen) atoms. The van der Waals surface area contributed by atoms with Crippen LogP contribution >= 0.6 is 58.2 Å². The van der Waals surface area contributed by atoms with Crippen LogP contribution < -0.4 is 10.6 Å². The first-order chi connectivity index (χ1) is 30.2. The Bertz CT molecular complexity index is 1800. The van der Waals surface area contributed by atoms with E-state index in [1.54, 1.807) is 51.2 Å². The number of carbonyl (C=O) groups is 6. The summed E-state index contributed by atoms with van der Waals surface area (Å²) in [6.07, 6.45) is 5.57. The van der Waals surface area contributed by atoms with Crippen molar-refractivity contribution in [2.75, 3.05) is 46.5 Å². The summed E-state index contributed by atoms with van der Waals surface area (Å²) in [7, 11) is 4.37. The molecule has 0 heterocycles. The normalized spacial score (nSPS) is 16.0. The number of hydrogen-bond donors (Lipinski definition) is 3. The average Bonchev–Trinajstić information content (AvgIpc) is 3.25. The van der Waals surface area contributed by atoms with E-state index in [0.717, 1.165) is 10.5 Å². The molecule has 1 aromatic rings. The molecule has 0 aliphatic heterocycles. The second kappa shape index (κ2) is 29.0. The van der Waals surface area contributed by atoms with Crippen LogP contribution in [0.1, 0.15) is 87.1 Å². The number of aliphatic hydroxyl groups excluding tert-OH is 1. The van der Waals surface area contributed by atoms with Crippen LogP contribution in [0, 0.1) is 17.8 Å². The third kappa shape index (κ3) is 20.4. The van der Waals surface area contributed by atoms with Crippen molar-refractivity contribution in [3.63, 3.8) is 0 Å². The molecule has 1 rings (SSSR count). The molecule has 3 N–H and O–H groups in total. The van der Waals surface area contributed by atoms with E-state index in [0.29, 0.717) is 34.9 Å². The summed E-state index contributed by atoms with van der Waals surface area (Å²) in [6, 6.07) is 2.36. The highest BCUT2D eigenvalue weighted by Gasteiger charge is 2.37. The summed E-state index contributed by atoms with van der Waals surface area (Å²) < 4.78 is 9.34. The number of halogens is 4. The van der Waals surface area contributed by atoms with E-state index >= 15 is 0 Å². The predicted octanol–water partition coefficient (Wildman–Crippen LogP) is 7.00. The number of ether oxygens (including phenoxy) is 2. The Morgan fingerprint density at radius 3 is 2.03 bits per heavy atom.